The number of nitrogens with zero attached hydrogens (tertiary/aromatic N) is 2. The quantitative estimate of drug-likeness (QED) is 0.400. The second-order valence-corrected chi connectivity index (χ2v) is 8.56. The second kappa shape index (κ2) is 10.2. The van der Waals surface area contributed by atoms with Crippen molar-refractivity contribution in [2.24, 2.45) is 0 Å². The van der Waals surface area contributed by atoms with Gasteiger partial charge in [0.25, 0.3) is 17.7 Å². The molecule has 1 aliphatic heterocycles. The standard InChI is InChI=1S/C21H22ClN3O7S/c1-4-32-19-16(31-3)8-7-13(24-19)15(9-10-33(29)30)25-20(27)17-12(22)5-6-14(23-11(2)26)18(17)21(25)28/h5-8,15,33H,4,9-10H2,1-3H3,(H,23,26). The van der Waals surface area contributed by atoms with E-state index in [2.05, 4.69) is 10.3 Å². The van der Waals surface area contributed by atoms with Gasteiger partial charge in [-0.25, -0.2) is 13.4 Å². The monoisotopic (exact) mass is 495 g/mol. The van der Waals surface area contributed by atoms with Gasteiger partial charge in [-0.2, -0.15) is 0 Å². The maximum atomic E-state index is 13.4. The Labute approximate surface area is 196 Å². The number of carbonyl (C=O) groups excluding carboxylic acids is 3. The number of anilines is 1. The van der Waals surface area contributed by atoms with Gasteiger partial charge in [-0.3, -0.25) is 19.3 Å². The van der Waals surface area contributed by atoms with Crippen LogP contribution in [-0.2, 0) is 15.5 Å². The number of carbonyl (C=O) groups is 3. The summed E-state index contributed by atoms with van der Waals surface area (Å²) < 4.78 is 33.4. The van der Waals surface area contributed by atoms with Gasteiger partial charge < -0.3 is 14.8 Å². The van der Waals surface area contributed by atoms with E-state index in [1.807, 2.05) is 0 Å². The Hall–Kier alpha value is -3.18. The Morgan fingerprint density at radius 2 is 1.88 bits per heavy atom. The van der Waals surface area contributed by atoms with Crippen molar-refractivity contribution in [1.29, 1.82) is 0 Å². The number of amides is 3. The Kier molecular flexibility index (Phi) is 7.54. The predicted octanol–water partition coefficient (Wildman–Crippen LogP) is 2.44. The fourth-order valence-electron chi connectivity index (χ4n) is 3.58. The molecule has 0 saturated heterocycles. The first-order chi connectivity index (χ1) is 15.7. The summed E-state index contributed by atoms with van der Waals surface area (Å²) >= 11 is 6.23. The lowest BCUT2D eigenvalue weighted by atomic mass is 10.1. The van der Waals surface area contributed by atoms with E-state index in [1.165, 1.54) is 32.2 Å². The van der Waals surface area contributed by atoms with Gasteiger partial charge in [0.15, 0.2) is 5.75 Å². The van der Waals surface area contributed by atoms with Crippen LogP contribution in [0, 0.1) is 0 Å². The number of halogens is 1. The molecule has 0 saturated carbocycles. The molecule has 12 heteroatoms. The highest BCUT2D eigenvalue weighted by atomic mass is 35.5. The van der Waals surface area contributed by atoms with Gasteiger partial charge in [0, 0.05) is 12.7 Å². The maximum Gasteiger partial charge on any atom is 0.264 e. The minimum atomic E-state index is -2.79. The number of nitrogens with one attached hydrogen (secondary N) is 1. The summed E-state index contributed by atoms with van der Waals surface area (Å²) in [7, 11) is -1.35. The van der Waals surface area contributed by atoms with Crippen LogP contribution >= 0.6 is 11.6 Å². The molecular weight excluding hydrogens is 474 g/mol. The average molecular weight is 496 g/mol. The van der Waals surface area contributed by atoms with E-state index < -0.39 is 34.5 Å². The van der Waals surface area contributed by atoms with E-state index in [0.29, 0.717) is 5.75 Å². The van der Waals surface area contributed by atoms with E-state index in [-0.39, 0.29) is 52.2 Å². The molecule has 33 heavy (non-hydrogen) atoms. The molecule has 0 bridgehead atoms. The molecule has 2 heterocycles. The Morgan fingerprint density at radius 3 is 2.48 bits per heavy atom. The van der Waals surface area contributed by atoms with Crippen LogP contribution in [-0.4, -0.2) is 55.5 Å². The van der Waals surface area contributed by atoms with Crippen molar-refractivity contribution in [2.45, 2.75) is 26.3 Å². The number of aromatic nitrogens is 1. The van der Waals surface area contributed by atoms with Crippen LogP contribution < -0.4 is 14.8 Å². The van der Waals surface area contributed by atoms with Crippen molar-refractivity contribution in [2.75, 3.05) is 24.8 Å². The maximum absolute atomic E-state index is 13.4. The van der Waals surface area contributed by atoms with Crippen LogP contribution in [0.1, 0.15) is 52.7 Å². The zero-order valence-electron chi connectivity index (χ0n) is 18.1. The highest BCUT2D eigenvalue weighted by Crippen LogP contribution is 2.40. The summed E-state index contributed by atoms with van der Waals surface area (Å²) in [6, 6.07) is 4.90. The van der Waals surface area contributed by atoms with Crippen LogP contribution in [0.25, 0.3) is 0 Å². The zero-order valence-corrected chi connectivity index (χ0v) is 19.7. The average Bonchev–Trinajstić information content (AvgIpc) is 3.02. The lowest BCUT2D eigenvalue weighted by Gasteiger charge is -2.26. The van der Waals surface area contributed by atoms with Gasteiger partial charge in [-0.05, 0) is 37.6 Å². The first-order valence-electron chi connectivity index (χ1n) is 9.97. The highest BCUT2D eigenvalue weighted by Gasteiger charge is 2.44. The van der Waals surface area contributed by atoms with E-state index in [9.17, 15) is 22.8 Å². The van der Waals surface area contributed by atoms with Crippen LogP contribution in [0.4, 0.5) is 5.69 Å². The molecule has 0 aliphatic carbocycles. The molecule has 3 amide bonds. The number of ether oxygens (including phenoxy) is 2. The van der Waals surface area contributed by atoms with Gasteiger partial charge in [0.05, 0.1) is 47.3 Å². The van der Waals surface area contributed by atoms with Crippen LogP contribution in [0.5, 0.6) is 11.6 Å². The first-order valence-corrected chi connectivity index (χ1v) is 11.7. The number of hydrogen-bond donors (Lipinski definition) is 2. The van der Waals surface area contributed by atoms with E-state index >= 15 is 0 Å². The molecule has 0 spiro atoms. The zero-order chi connectivity index (χ0) is 24.3. The van der Waals surface area contributed by atoms with Crippen molar-refractivity contribution in [3.8, 4) is 11.6 Å². The third kappa shape index (κ3) is 4.93. The van der Waals surface area contributed by atoms with Crippen LogP contribution in [0.15, 0.2) is 24.3 Å². The minimum absolute atomic E-state index is 0.0336. The van der Waals surface area contributed by atoms with Crippen molar-refractivity contribution < 1.29 is 32.3 Å². The van der Waals surface area contributed by atoms with Crippen molar-refractivity contribution in [3.05, 3.63) is 46.1 Å². The number of imide groups is 1. The molecule has 1 N–H and O–H groups in total. The Bertz CT molecular complexity index is 1190. The number of benzene rings is 1. The third-order valence-electron chi connectivity index (χ3n) is 4.92. The number of thiol groups is 1. The van der Waals surface area contributed by atoms with Crippen molar-refractivity contribution in [1.82, 2.24) is 9.88 Å². The van der Waals surface area contributed by atoms with E-state index in [0.717, 1.165) is 4.90 Å². The Morgan fingerprint density at radius 1 is 1.18 bits per heavy atom. The van der Waals surface area contributed by atoms with Gasteiger partial charge >= 0.3 is 0 Å². The molecule has 1 unspecified atom stereocenters. The Balaban J connectivity index is 2.13. The topological polar surface area (TPSA) is 132 Å². The summed E-state index contributed by atoms with van der Waals surface area (Å²) in [5.41, 5.74) is 0.248. The highest BCUT2D eigenvalue weighted by molar-refractivity contribution is 7.72. The fourth-order valence-corrected chi connectivity index (χ4v) is 4.27. The molecule has 3 rings (SSSR count). The lowest BCUT2D eigenvalue weighted by Crippen LogP contribution is -2.35. The number of pyridine rings is 1. The van der Waals surface area contributed by atoms with Crippen molar-refractivity contribution >= 4 is 45.7 Å². The number of hydrogen-bond acceptors (Lipinski definition) is 8. The van der Waals surface area contributed by atoms with Crippen LogP contribution in [0.3, 0.4) is 0 Å². The molecule has 1 aromatic carbocycles. The minimum Gasteiger partial charge on any atom is -0.491 e. The smallest absolute Gasteiger partial charge is 0.264 e. The summed E-state index contributed by atoms with van der Waals surface area (Å²) in [6.07, 6.45) is -0.0951. The molecule has 1 aromatic heterocycles. The fraction of sp³-hybridized carbons (Fsp3) is 0.333. The lowest BCUT2D eigenvalue weighted by molar-refractivity contribution is -0.114. The molecule has 2 aromatic rings. The van der Waals surface area contributed by atoms with Gasteiger partial charge in [-0.15, -0.1) is 0 Å². The molecule has 1 aliphatic rings. The van der Waals surface area contributed by atoms with E-state index in [4.69, 9.17) is 21.1 Å². The third-order valence-corrected chi connectivity index (χ3v) is 5.85. The first kappa shape index (κ1) is 24.5. The number of rotatable bonds is 9. The molecule has 10 nitrogen and oxygen atoms in total. The summed E-state index contributed by atoms with van der Waals surface area (Å²) in [6.45, 7) is 3.31. The molecule has 0 radical (unpaired) electrons. The molecule has 1 atom stereocenters. The molecule has 0 fully saturated rings. The van der Waals surface area contributed by atoms with E-state index in [1.54, 1.807) is 13.0 Å². The van der Waals surface area contributed by atoms with Gasteiger partial charge in [0.2, 0.25) is 5.91 Å². The van der Waals surface area contributed by atoms with Crippen molar-refractivity contribution in [3.63, 3.8) is 0 Å². The molecular formula is C21H22ClN3O7S. The second-order valence-electron chi connectivity index (χ2n) is 7.04. The van der Waals surface area contributed by atoms with Gasteiger partial charge in [-0.1, -0.05) is 11.6 Å². The SMILES string of the molecule is CCOc1nc(C(CC[SH](=O)=O)N2C(=O)c3c(Cl)ccc(NC(C)=O)c3C2=O)ccc1OC. The number of methoxy groups -OCH3 is 1. The predicted molar refractivity (Wildman–Crippen MR) is 121 cm³/mol. The largest absolute Gasteiger partial charge is 0.491 e. The summed E-state index contributed by atoms with van der Waals surface area (Å²) in [5, 5.41) is 2.56. The summed E-state index contributed by atoms with van der Waals surface area (Å²) in [4.78, 5) is 43.7. The van der Waals surface area contributed by atoms with Gasteiger partial charge in [0.1, 0.15) is 10.7 Å². The number of fused-ring (bicyclic) bond motifs is 1. The molecule has 176 valence electrons. The summed E-state index contributed by atoms with van der Waals surface area (Å²) in [5.74, 6) is -1.68. The normalized spacial score (nSPS) is 13.8. The van der Waals surface area contributed by atoms with Crippen LogP contribution in [0.2, 0.25) is 5.02 Å².